The number of fused-ring (bicyclic) bond motifs is 1. The Morgan fingerprint density at radius 3 is 2.28 bits per heavy atom. The molecule has 2 fully saturated rings. The van der Waals surface area contributed by atoms with Crippen LogP contribution in [0, 0.1) is 0 Å². The summed E-state index contributed by atoms with van der Waals surface area (Å²) in [6.45, 7) is -1.21. The van der Waals surface area contributed by atoms with Gasteiger partial charge in [-0.3, -0.25) is 9.36 Å². The molecule has 2 aromatic rings. The molecule has 0 aliphatic carbocycles. The van der Waals surface area contributed by atoms with E-state index in [4.69, 9.17) is 20.3 Å². The zero-order valence-corrected chi connectivity index (χ0v) is 14.8. The third-order valence-corrected chi connectivity index (χ3v) is 5.18. The molecule has 4 rings (SSSR count). The van der Waals surface area contributed by atoms with E-state index in [0.29, 0.717) is 4.57 Å². The number of hydrogen-bond donors (Lipinski definition) is 6. The molecule has 4 heterocycles. The van der Waals surface area contributed by atoms with Crippen LogP contribution in [0.3, 0.4) is 0 Å². The Morgan fingerprint density at radius 1 is 1.07 bits per heavy atom. The molecule has 0 bridgehead atoms. The average Bonchev–Trinajstić information content (AvgIpc) is 3.32. The molecule has 14 heteroatoms. The van der Waals surface area contributed by atoms with Crippen LogP contribution in [0.2, 0.25) is 0 Å². The van der Waals surface area contributed by atoms with E-state index in [1.165, 1.54) is 0 Å². The van der Waals surface area contributed by atoms with Gasteiger partial charge in [0.25, 0.3) is 5.56 Å². The predicted octanol–water partition coefficient (Wildman–Crippen LogP) is -3.62. The molecule has 2 saturated heterocycles. The summed E-state index contributed by atoms with van der Waals surface area (Å²) >= 11 is 0. The fourth-order valence-electron chi connectivity index (χ4n) is 3.60. The number of alkyl halides is 1. The zero-order chi connectivity index (χ0) is 21.0. The van der Waals surface area contributed by atoms with Crippen molar-refractivity contribution in [3.05, 3.63) is 16.7 Å². The maximum Gasteiger partial charge on any atom is 0.285 e. The van der Waals surface area contributed by atoms with Gasteiger partial charge in [0.15, 0.2) is 29.8 Å². The molecule has 160 valence electrons. The van der Waals surface area contributed by atoms with Gasteiger partial charge in [0, 0.05) is 0 Å². The van der Waals surface area contributed by atoms with Crippen molar-refractivity contribution in [2.75, 3.05) is 18.9 Å². The highest BCUT2D eigenvalue weighted by Crippen LogP contribution is 2.34. The molecule has 7 N–H and O–H groups in total. The maximum atomic E-state index is 14.4. The normalized spacial score (nSPS) is 37.6. The van der Waals surface area contributed by atoms with Gasteiger partial charge >= 0.3 is 0 Å². The lowest BCUT2D eigenvalue weighted by Crippen LogP contribution is -2.35. The number of aliphatic hydroxyl groups is 5. The van der Waals surface area contributed by atoms with Gasteiger partial charge in [-0.2, -0.15) is 4.98 Å². The highest BCUT2D eigenvalue weighted by atomic mass is 19.1. The van der Waals surface area contributed by atoms with Gasteiger partial charge in [-0.05, 0) is 0 Å². The molecule has 29 heavy (non-hydrogen) atoms. The first-order chi connectivity index (χ1) is 13.8. The number of imidazole rings is 1. The Labute approximate surface area is 161 Å². The van der Waals surface area contributed by atoms with E-state index in [1.807, 2.05) is 0 Å². The number of rotatable bonds is 4. The number of nitrogens with zero attached hydrogens (tertiary/aromatic N) is 4. The highest BCUT2D eigenvalue weighted by molar-refractivity contribution is 5.71. The summed E-state index contributed by atoms with van der Waals surface area (Å²) < 4.78 is 26.9. The topological polar surface area (TPSA) is 198 Å². The Bertz CT molecular complexity index is 968. The Kier molecular flexibility index (Phi) is 5.02. The number of aromatic nitrogens is 4. The van der Waals surface area contributed by atoms with Gasteiger partial charge < -0.3 is 40.7 Å². The largest absolute Gasteiger partial charge is 0.394 e. The molecule has 0 saturated carbocycles. The zero-order valence-electron chi connectivity index (χ0n) is 14.8. The van der Waals surface area contributed by atoms with Gasteiger partial charge in [-0.25, -0.2) is 13.9 Å². The van der Waals surface area contributed by atoms with Crippen LogP contribution in [-0.4, -0.2) is 94.5 Å². The van der Waals surface area contributed by atoms with Crippen molar-refractivity contribution >= 4 is 17.1 Å². The lowest BCUT2D eigenvalue weighted by atomic mass is 10.1. The molecule has 13 nitrogen and oxygen atoms in total. The lowest BCUT2D eigenvalue weighted by Gasteiger charge is -2.19. The van der Waals surface area contributed by atoms with E-state index in [2.05, 4.69) is 9.97 Å². The van der Waals surface area contributed by atoms with Crippen LogP contribution in [0.1, 0.15) is 12.5 Å². The van der Waals surface area contributed by atoms with Crippen LogP contribution < -0.4 is 11.3 Å². The summed E-state index contributed by atoms with van der Waals surface area (Å²) in [5.74, 6) is -0.463. The van der Waals surface area contributed by atoms with E-state index >= 15 is 0 Å². The van der Waals surface area contributed by atoms with Crippen molar-refractivity contribution in [1.29, 1.82) is 0 Å². The molecule has 0 radical (unpaired) electrons. The molecule has 0 unspecified atom stereocenters. The third-order valence-electron chi connectivity index (χ3n) is 5.18. The summed E-state index contributed by atoms with van der Waals surface area (Å²) in [5.41, 5.74) is 4.59. The number of nitrogen functional groups attached to an aromatic ring is 1. The Morgan fingerprint density at radius 2 is 1.69 bits per heavy atom. The molecular formula is C15H20FN5O8. The van der Waals surface area contributed by atoms with Gasteiger partial charge in [-0.1, -0.05) is 0 Å². The van der Waals surface area contributed by atoms with E-state index in [9.17, 15) is 29.6 Å². The molecule has 8 atom stereocenters. The van der Waals surface area contributed by atoms with Crippen LogP contribution in [0.15, 0.2) is 11.1 Å². The van der Waals surface area contributed by atoms with Crippen molar-refractivity contribution in [3.8, 4) is 0 Å². The first kappa shape index (κ1) is 20.1. The summed E-state index contributed by atoms with van der Waals surface area (Å²) in [6.07, 6.45) is -10.5. The average molecular weight is 417 g/mol. The van der Waals surface area contributed by atoms with Crippen molar-refractivity contribution in [3.63, 3.8) is 0 Å². The summed E-state index contributed by atoms with van der Waals surface area (Å²) in [7, 11) is 0. The van der Waals surface area contributed by atoms with E-state index in [-0.39, 0.29) is 11.2 Å². The molecule has 0 spiro atoms. The van der Waals surface area contributed by atoms with Gasteiger partial charge in [0.1, 0.15) is 30.5 Å². The van der Waals surface area contributed by atoms with E-state index in [0.717, 1.165) is 10.9 Å². The number of halogens is 1. The van der Waals surface area contributed by atoms with Crippen molar-refractivity contribution in [2.45, 2.75) is 49.1 Å². The number of anilines is 1. The second-order valence-corrected chi connectivity index (χ2v) is 6.88. The molecule has 0 amide bonds. The minimum Gasteiger partial charge on any atom is -0.394 e. The summed E-state index contributed by atoms with van der Waals surface area (Å²) in [5, 5.41) is 48.3. The number of aliphatic hydroxyl groups excluding tert-OH is 5. The van der Waals surface area contributed by atoms with Crippen molar-refractivity contribution < 1.29 is 39.4 Å². The second-order valence-electron chi connectivity index (χ2n) is 6.88. The fourth-order valence-corrected chi connectivity index (χ4v) is 3.60. The first-order valence-electron chi connectivity index (χ1n) is 8.75. The first-order valence-corrected chi connectivity index (χ1v) is 8.75. The van der Waals surface area contributed by atoms with Gasteiger partial charge in [0.05, 0.1) is 19.5 Å². The Hall–Kier alpha value is -2.20. The highest BCUT2D eigenvalue weighted by Gasteiger charge is 2.47. The monoisotopic (exact) mass is 417 g/mol. The van der Waals surface area contributed by atoms with Crippen LogP contribution in [-0.2, 0) is 9.47 Å². The molecule has 2 aromatic heterocycles. The number of hydrogen-bond acceptors (Lipinski definition) is 11. The third kappa shape index (κ3) is 2.92. The summed E-state index contributed by atoms with van der Waals surface area (Å²) in [4.78, 5) is 20.8. The van der Waals surface area contributed by atoms with Crippen LogP contribution >= 0.6 is 0 Å². The Balaban J connectivity index is 1.76. The fraction of sp³-hybridized carbons (Fsp3) is 0.667. The molecular weight excluding hydrogens is 397 g/mol. The molecule has 2 aliphatic rings. The van der Waals surface area contributed by atoms with E-state index < -0.39 is 73.9 Å². The second kappa shape index (κ2) is 7.24. The quantitative estimate of drug-likeness (QED) is 0.287. The van der Waals surface area contributed by atoms with Gasteiger partial charge in [0.2, 0.25) is 5.95 Å². The smallest absolute Gasteiger partial charge is 0.285 e. The maximum absolute atomic E-state index is 14.4. The SMILES string of the molecule is Nc1nc2c(ncn2[C@@H]2O[C@H](CO)[C@@H](O)[C@H]2O)c(=O)n1[C@@H]1O[C@H](CO)[C@@H](O)[C@@H]1F. The van der Waals surface area contributed by atoms with Crippen molar-refractivity contribution in [2.24, 2.45) is 0 Å². The van der Waals surface area contributed by atoms with Crippen molar-refractivity contribution in [1.82, 2.24) is 19.1 Å². The molecule has 2 aliphatic heterocycles. The predicted molar refractivity (Wildman–Crippen MR) is 91.1 cm³/mol. The molecule has 0 aromatic carbocycles. The lowest BCUT2D eigenvalue weighted by molar-refractivity contribution is -0.0513. The van der Waals surface area contributed by atoms with Crippen LogP contribution in [0.25, 0.3) is 11.2 Å². The number of ether oxygens (including phenoxy) is 2. The number of nitrogens with two attached hydrogens (primary N) is 1. The minimum absolute atomic E-state index is 0.105. The van der Waals surface area contributed by atoms with E-state index in [1.54, 1.807) is 0 Å². The van der Waals surface area contributed by atoms with Crippen LogP contribution in [0.4, 0.5) is 10.3 Å². The minimum atomic E-state index is -2.05. The standard InChI is InChI=1S/C15H20FN5O8/c16-6-8(24)4(1-22)28-13(6)21-12(27)7-11(19-15(21)17)20(3-18-7)14-10(26)9(25)5(2-23)29-14/h3-6,8-10,13-14,22-26H,1-2H2,(H2,17,19)/t4-,5-,6+,8-,9-,10-,13-,14-/m1/s1. The summed E-state index contributed by atoms with van der Waals surface area (Å²) in [6, 6.07) is 0. The van der Waals surface area contributed by atoms with Crippen LogP contribution in [0.5, 0.6) is 0 Å². The van der Waals surface area contributed by atoms with Gasteiger partial charge in [-0.15, -0.1) is 0 Å².